The highest BCUT2D eigenvalue weighted by atomic mass is 32.1. The van der Waals surface area contributed by atoms with Crippen LogP contribution in [-0.2, 0) is 106 Å². The van der Waals surface area contributed by atoms with Crippen molar-refractivity contribution in [1.29, 1.82) is 0 Å². The number of aliphatic hydroxyl groups excluding tert-OH is 1. The Labute approximate surface area is 739 Å². The van der Waals surface area contributed by atoms with Crippen LogP contribution in [0, 0.1) is 0 Å². The first-order valence-electron chi connectivity index (χ1n) is 41.1. The number of aliphatic hydroxyl groups is 1. The molecular formula is C84H118N20O20S2. The second-order valence-corrected chi connectivity index (χ2v) is 34.7. The molecule has 126 heavy (non-hydrogen) atoms. The molecule has 6 rings (SSSR count). The maximum atomic E-state index is 15.6. The number of amides is 18. The summed E-state index contributed by atoms with van der Waals surface area (Å²) in [6, 6.07) is 7.62. The van der Waals surface area contributed by atoms with Crippen molar-refractivity contribution < 1.29 is 96.1 Å². The Morgan fingerprint density at radius 1 is 0.524 bits per heavy atom. The van der Waals surface area contributed by atoms with E-state index in [2.05, 4.69) is 92.0 Å². The minimum Gasteiger partial charge on any atom is -0.497 e. The number of nitrogens with one attached hydrogen (secondary N) is 15. The second-order valence-electron chi connectivity index (χ2n) is 32.4. The SMILES string of the molecule is COc1ccc(C[C@H](NC(=O)[C@@H](NC(=O)[C@H](CCC(N)=O)NC(=O)[C@H](Cc2c[nH]c3ccccc23)NC(=O)[C@@H](NC(=O)[C@H](CCC(N)=O)NC(=O)[C@@H](NC(=O)[C@@H]2CCC(=O)N2)C(C)(C)S)[C@@H](C)O)C(C)(C)S)C(=O)N[C@@H](Cc2ccc3ccccc3c2)C(=O)N[C@@](C)(CCCCN)C(=O)N[C@@H](CCCCNC(C)=O)C(=O)N[C@@H](CC(N)=O)C(=O)NCC(N)=O)cc1. The summed E-state index contributed by atoms with van der Waals surface area (Å²) in [5, 5.41) is 49.3. The Kier molecular flexibility index (Phi) is 39.1. The molecule has 1 aliphatic rings. The molecule has 1 aliphatic heterocycles. The zero-order valence-corrected chi connectivity index (χ0v) is 73.4. The number of fused-ring (bicyclic) bond motifs is 2. The quantitative estimate of drug-likeness (QED) is 0.0133. The number of rotatable bonds is 52. The van der Waals surface area contributed by atoms with Gasteiger partial charge in [0, 0.05) is 78.6 Å². The molecule has 2 heterocycles. The molecule has 4 aromatic carbocycles. The molecule has 1 fully saturated rings. The number of benzene rings is 4. The van der Waals surface area contributed by atoms with E-state index in [4.69, 9.17) is 46.0 Å². The third kappa shape index (κ3) is 32.6. The van der Waals surface area contributed by atoms with Crippen molar-refractivity contribution in [3.05, 3.63) is 114 Å². The third-order valence-corrected chi connectivity index (χ3v) is 21.3. The maximum Gasteiger partial charge on any atom is 0.246 e. The molecule has 26 N–H and O–H groups in total. The first kappa shape index (κ1) is 102. The first-order valence-corrected chi connectivity index (χ1v) is 42.0. The lowest BCUT2D eigenvalue weighted by Crippen LogP contribution is -2.65. The summed E-state index contributed by atoms with van der Waals surface area (Å²) < 4.78 is 2.45. The fourth-order valence-electron chi connectivity index (χ4n) is 13.8. The molecule has 0 saturated carbocycles. The highest BCUT2D eigenvalue weighted by Gasteiger charge is 2.44. The number of ether oxygens (including phenoxy) is 1. The highest BCUT2D eigenvalue weighted by molar-refractivity contribution is 7.82. The van der Waals surface area contributed by atoms with Gasteiger partial charge in [0.05, 0.1) is 26.2 Å². The largest absolute Gasteiger partial charge is 0.497 e. The molecule has 0 unspecified atom stereocenters. The van der Waals surface area contributed by atoms with Gasteiger partial charge in [0.1, 0.15) is 77.7 Å². The van der Waals surface area contributed by atoms with Crippen molar-refractivity contribution in [2.45, 2.75) is 239 Å². The number of methoxy groups -OCH3 is 1. The zero-order valence-electron chi connectivity index (χ0n) is 71.6. The molecule has 1 saturated heterocycles. The average molecular weight is 1790 g/mol. The number of aromatic nitrogens is 1. The topological polar surface area (TPSA) is 651 Å². The number of aromatic amines is 1. The number of carbonyl (C=O) groups excluding carboxylic acids is 18. The monoisotopic (exact) mass is 1790 g/mol. The van der Waals surface area contributed by atoms with Crippen LogP contribution in [0.1, 0.15) is 149 Å². The highest BCUT2D eigenvalue weighted by Crippen LogP contribution is 2.26. The molecular weight excluding hydrogens is 1670 g/mol. The van der Waals surface area contributed by atoms with Crippen LogP contribution in [0.3, 0.4) is 0 Å². The van der Waals surface area contributed by atoms with Gasteiger partial charge in [0.25, 0.3) is 0 Å². The molecule has 13 atom stereocenters. The van der Waals surface area contributed by atoms with E-state index >= 15 is 28.8 Å². The Hall–Kier alpha value is -12.4. The van der Waals surface area contributed by atoms with E-state index in [1.165, 1.54) is 54.8 Å². The Balaban J connectivity index is 1.35. The van der Waals surface area contributed by atoms with E-state index in [0.717, 1.165) is 17.7 Å². The summed E-state index contributed by atoms with van der Waals surface area (Å²) in [6.45, 7) is 9.20. The van der Waals surface area contributed by atoms with Crippen LogP contribution in [0.25, 0.3) is 21.7 Å². The number of primary amides is 4. The Morgan fingerprint density at radius 3 is 1.61 bits per heavy atom. The van der Waals surface area contributed by atoms with Gasteiger partial charge in [0.15, 0.2) is 0 Å². The van der Waals surface area contributed by atoms with Crippen LogP contribution in [0.5, 0.6) is 5.75 Å². The number of para-hydroxylation sites is 1. The van der Waals surface area contributed by atoms with Crippen LogP contribution >= 0.6 is 25.3 Å². The number of carbonyl (C=O) groups is 18. The van der Waals surface area contributed by atoms with Crippen molar-refractivity contribution >= 4 is 153 Å². The van der Waals surface area contributed by atoms with Crippen molar-refractivity contribution in [1.82, 2.24) is 79.4 Å². The molecule has 42 heteroatoms. The molecule has 0 bridgehead atoms. The average Bonchev–Trinajstić information content (AvgIpc) is 1.05. The fourth-order valence-corrected chi connectivity index (χ4v) is 14.1. The fraction of sp³-hybridized carbons (Fsp3) is 0.500. The normalized spacial score (nSPS) is 15.7. The predicted molar refractivity (Wildman–Crippen MR) is 469 cm³/mol. The lowest BCUT2D eigenvalue weighted by atomic mass is 9.91. The number of hydrogen-bond acceptors (Lipinski definition) is 23. The standard InChI is InChI=1S/C84H118N20O20S2/c1-44(105)67(101-72(114)56(28-31-62(86)107)95-79(121)68(82(3,4)125)102-73(115)55-30-33-66(111)93-55)78(120)98-60(40-50-42-91-53-20-12-11-19-52(50)53)76(118)94-57(29-32-63(87)108)74(116)103-69(83(5,6)126)80(122)99-58(38-46-23-26-51(124-8)27-24-46)75(117)96-59(39-47-22-25-48-17-9-10-18-49(48)37-47)77(119)104-84(7,34-14-15-35-85)81(123)100-54(21-13-16-36-90-45(2)106)71(113)97-61(41-64(88)109)70(112)92-43-65(89)110/h9-12,17-20,22-27,37,42,44,54-61,67-69,91,105,125-126H,13-16,21,28-36,38-41,43,85H2,1-8H3,(H2,86,107)(H2,87,108)(H2,88,109)(H2,89,110)(H,90,106)(H,92,112)(H,93,111)(H,94,118)(H,95,121)(H,96,117)(H,97,113)(H,98,120)(H,99,122)(H,100,123)(H,101,114)(H,102,115)(H,103,116)(H,104,119)/t44-,54+,55+,56+,57+,58+,59+,60+,61+,67+,68-,69-,84+/m1/s1. The van der Waals surface area contributed by atoms with Crippen molar-refractivity contribution in [2.75, 3.05) is 26.7 Å². The number of thiol groups is 2. The van der Waals surface area contributed by atoms with Gasteiger partial charge in [-0.05, 0) is 152 Å². The van der Waals surface area contributed by atoms with E-state index in [9.17, 15) is 62.6 Å². The smallest absolute Gasteiger partial charge is 0.246 e. The van der Waals surface area contributed by atoms with Gasteiger partial charge < -0.3 is 118 Å². The zero-order chi connectivity index (χ0) is 93.5. The van der Waals surface area contributed by atoms with Gasteiger partial charge in [-0.25, -0.2) is 0 Å². The lowest BCUT2D eigenvalue weighted by Gasteiger charge is -2.34. The second kappa shape index (κ2) is 48.2. The van der Waals surface area contributed by atoms with Crippen LogP contribution in [0.4, 0.5) is 0 Å². The summed E-state index contributed by atoms with van der Waals surface area (Å²) in [5.41, 5.74) is 27.7. The summed E-state index contributed by atoms with van der Waals surface area (Å²) in [7, 11) is 1.42. The van der Waals surface area contributed by atoms with Crippen LogP contribution in [0.2, 0.25) is 0 Å². The minimum atomic E-state index is -1.98. The number of unbranched alkanes of at least 4 members (excludes halogenated alkanes) is 2. The summed E-state index contributed by atoms with van der Waals surface area (Å²) >= 11 is 9.27. The summed E-state index contributed by atoms with van der Waals surface area (Å²) in [5.74, 6) is -16.6. The third-order valence-electron chi connectivity index (χ3n) is 20.8. The van der Waals surface area contributed by atoms with E-state index in [1.807, 2.05) is 18.2 Å². The van der Waals surface area contributed by atoms with Crippen molar-refractivity contribution in [2.24, 2.45) is 28.7 Å². The van der Waals surface area contributed by atoms with E-state index in [1.54, 1.807) is 72.8 Å². The van der Waals surface area contributed by atoms with E-state index in [-0.39, 0.29) is 83.2 Å². The molecule has 0 spiro atoms. The minimum absolute atomic E-state index is 0.0433. The molecule has 40 nitrogen and oxygen atoms in total. The predicted octanol–water partition coefficient (Wildman–Crippen LogP) is -3.40. The van der Waals surface area contributed by atoms with Crippen LogP contribution in [-0.4, -0.2) is 231 Å². The van der Waals surface area contributed by atoms with Gasteiger partial charge in [-0.15, -0.1) is 0 Å². The van der Waals surface area contributed by atoms with Crippen LogP contribution in [0.15, 0.2) is 97.2 Å². The molecule has 5 aromatic rings. The lowest BCUT2D eigenvalue weighted by molar-refractivity contribution is -0.138. The molecule has 18 amide bonds. The summed E-state index contributed by atoms with van der Waals surface area (Å²) in [6.07, 6.45) is -3.38. The van der Waals surface area contributed by atoms with Gasteiger partial charge in [-0.1, -0.05) is 72.8 Å². The number of hydrogen-bond donors (Lipinski definition) is 23. The molecule has 0 radical (unpaired) electrons. The summed E-state index contributed by atoms with van der Waals surface area (Å²) in [4.78, 5) is 252. The van der Waals surface area contributed by atoms with Crippen molar-refractivity contribution in [3.63, 3.8) is 0 Å². The number of H-pyrrole nitrogens is 1. The Morgan fingerprint density at radius 2 is 1.04 bits per heavy atom. The van der Waals surface area contributed by atoms with Gasteiger partial charge in [-0.2, -0.15) is 25.3 Å². The number of nitrogens with two attached hydrogens (primary N) is 5. The van der Waals surface area contributed by atoms with Gasteiger partial charge in [-0.3, -0.25) is 86.3 Å². The van der Waals surface area contributed by atoms with Gasteiger partial charge in [0.2, 0.25) is 106 Å². The van der Waals surface area contributed by atoms with Crippen molar-refractivity contribution in [3.8, 4) is 5.75 Å². The molecule has 686 valence electrons. The van der Waals surface area contributed by atoms with Crippen LogP contribution < -0.4 is 108 Å². The molecule has 0 aliphatic carbocycles. The molecule has 1 aromatic heterocycles. The van der Waals surface area contributed by atoms with E-state index < -0.39 is 227 Å². The van der Waals surface area contributed by atoms with E-state index in [0.29, 0.717) is 39.8 Å². The first-order chi connectivity index (χ1) is 59.3. The Bertz CT molecular complexity index is 4770. The maximum absolute atomic E-state index is 15.6. The van der Waals surface area contributed by atoms with Gasteiger partial charge >= 0.3 is 0 Å².